The minimum atomic E-state index is -0.766. The number of carbonyl (C=O) groups excluding carboxylic acids is 2. The summed E-state index contributed by atoms with van der Waals surface area (Å²) >= 11 is 0. The number of aromatic nitrogens is 4. The van der Waals surface area contributed by atoms with Crippen molar-refractivity contribution in [3.8, 4) is 11.3 Å². The number of imidazole rings is 1. The SMILES string of the molecule is COC(=O)NC1C(C)CN(c2ccncc2Nc2ncc3ccc(-c4c(F)cc(CN5CCCC5=O)cc4F)nn23)CC1N. The summed E-state index contributed by atoms with van der Waals surface area (Å²) in [6.07, 6.45) is 5.59. The number of ether oxygens (including phenoxy) is 1. The number of carbonyl (C=O) groups is 2. The number of benzene rings is 1. The van der Waals surface area contributed by atoms with E-state index in [1.165, 1.54) is 29.8 Å². The minimum absolute atomic E-state index is 0.0161. The number of likely N-dealkylation sites (tertiary alicyclic amines) is 1. The van der Waals surface area contributed by atoms with E-state index in [1.54, 1.807) is 29.6 Å². The third-order valence-electron chi connectivity index (χ3n) is 8.16. The highest BCUT2D eigenvalue weighted by atomic mass is 19.1. The van der Waals surface area contributed by atoms with Crippen molar-refractivity contribution in [2.24, 2.45) is 11.7 Å². The molecule has 0 saturated carbocycles. The van der Waals surface area contributed by atoms with Crippen LogP contribution in [0.3, 0.4) is 0 Å². The van der Waals surface area contributed by atoms with E-state index in [4.69, 9.17) is 10.5 Å². The van der Waals surface area contributed by atoms with Gasteiger partial charge in [-0.3, -0.25) is 9.78 Å². The van der Waals surface area contributed by atoms with Crippen molar-refractivity contribution in [3.05, 3.63) is 66.1 Å². The van der Waals surface area contributed by atoms with Crippen LogP contribution in [0.15, 0.2) is 48.9 Å². The Hall–Kier alpha value is -4.85. The first-order valence-electron chi connectivity index (χ1n) is 14.4. The first-order valence-corrected chi connectivity index (χ1v) is 14.4. The maximum absolute atomic E-state index is 15.3. The van der Waals surface area contributed by atoms with Gasteiger partial charge < -0.3 is 30.9 Å². The molecule has 0 spiro atoms. The van der Waals surface area contributed by atoms with Crippen LogP contribution in [0.25, 0.3) is 16.8 Å². The summed E-state index contributed by atoms with van der Waals surface area (Å²) < 4.78 is 36.8. The van der Waals surface area contributed by atoms with Crippen LogP contribution in [0.2, 0.25) is 0 Å². The number of nitrogens with zero attached hydrogens (tertiary/aromatic N) is 6. The Balaban J connectivity index is 1.25. The van der Waals surface area contributed by atoms with Gasteiger partial charge in [0, 0.05) is 44.8 Å². The summed E-state index contributed by atoms with van der Waals surface area (Å²) in [7, 11) is 1.32. The van der Waals surface area contributed by atoms with Gasteiger partial charge in [-0.05, 0) is 48.2 Å². The number of fused-ring (bicyclic) bond motifs is 1. The van der Waals surface area contributed by atoms with E-state index < -0.39 is 17.7 Å². The molecule has 0 bridgehead atoms. The molecule has 2 fully saturated rings. The van der Waals surface area contributed by atoms with Crippen LogP contribution in [0.5, 0.6) is 0 Å². The number of nitrogens with one attached hydrogen (secondary N) is 2. The lowest BCUT2D eigenvalue weighted by Gasteiger charge is -2.42. The van der Waals surface area contributed by atoms with Crippen molar-refractivity contribution < 1.29 is 23.1 Å². The van der Waals surface area contributed by atoms with Gasteiger partial charge >= 0.3 is 6.09 Å². The molecule has 2 aliphatic heterocycles. The number of halogens is 2. The Morgan fingerprint density at radius 2 is 1.95 bits per heavy atom. The third-order valence-corrected chi connectivity index (χ3v) is 8.16. The van der Waals surface area contributed by atoms with E-state index in [9.17, 15) is 9.59 Å². The third kappa shape index (κ3) is 5.72. The predicted octanol–water partition coefficient (Wildman–Crippen LogP) is 3.44. The lowest BCUT2D eigenvalue weighted by Crippen LogP contribution is -2.62. The van der Waals surface area contributed by atoms with Gasteiger partial charge in [0.05, 0.1) is 53.7 Å². The maximum atomic E-state index is 15.3. The number of nitrogens with two attached hydrogens (primary N) is 1. The van der Waals surface area contributed by atoms with Gasteiger partial charge in [0.25, 0.3) is 0 Å². The Morgan fingerprint density at radius 1 is 1.16 bits per heavy atom. The normalized spacial score (nSPS) is 20.3. The first-order chi connectivity index (χ1) is 21.2. The molecule has 44 heavy (non-hydrogen) atoms. The van der Waals surface area contributed by atoms with Crippen molar-refractivity contribution in [2.75, 3.05) is 37.0 Å². The molecule has 6 rings (SSSR count). The number of piperidine rings is 1. The second-order valence-electron chi connectivity index (χ2n) is 11.2. The van der Waals surface area contributed by atoms with Crippen LogP contribution in [0.1, 0.15) is 25.3 Å². The summed E-state index contributed by atoms with van der Waals surface area (Å²) in [5.41, 5.74) is 8.72. The Labute approximate surface area is 252 Å². The monoisotopic (exact) mass is 605 g/mol. The van der Waals surface area contributed by atoms with Gasteiger partial charge in [0.15, 0.2) is 0 Å². The summed E-state index contributed by atoms with van der Waals surface area (Å²) in [6.45, 7) is 3.81. The van der Waals surface area contributed by atoms with Gasteiger partial charge in [-0.1, -0.05) is 6.92 Å². The van der Waals surface area contributed by atoms with Gasteiger partial charge in [0.1, 0.15) is 11.6 Å². The molecule has 2 aliphatic rings. The van der Waals surface area contributed by atoms with E-state index >= 15 is 8.78 Å². The Morgan fingerprint density at radius 3 is 2.66 bits per heavy atom. The minimum Gasteiger partial charge on any atom is -0.453 e. The summed E-state index contributed by atoms with van der Waals surface area (Å²) in [6, 6.07) is 6.96. The number of pyridine rings is 1. The van der Waals surface area contributed by atoms with E-state index in [-0.39, 0.29) is 41.7 Å². The quantitative estimate of drug-likeness (QED) is 0.289. The molecule has 0 radical (unpaired) electrons. The number of anilines is 3. The number of rotatable bonds is 7. The second kappa shape index (κ2) is 12.0. The molecule has 0 aliphatic carbocycles. The van der Waals surface area contributed by atoms with Crippen LogP contribution < -0.4 is 21.3 Å². The van der Waals surface area contributed by atoms with Crippen molar-refractivity contribution in [1.29, 1.82) is 0 Å². The highest BCUT2D eigenvalue weighted by Crippen LogP contribution is 2.32. The van der Waals surface area contributed by atoms with Gasteiger partial charge in [-0.2, -0.15) is 9.61 Å². The molecule has 5 heterocycles. The highest BCUT2D eigenvalue weighted by Gasteiger charge is 2.34. The zero-order chi connectivity index (χ0) is 31.0. The number of methoxy groups -OCH3 is 1. The lowest BCUT2D eigenvalue weighted by atomic mass is 9.90. The molecule has 3 unspecified atom stereocenters. The molecule has 2 saturated heterocycles. The zero-order valence-corrected chi connectivity index (χ0v) is 24.3. The van der Waals surface area contributed by atoms with Gasteiger partial charge in [-0.15, -0.1) is 0 Å². The zero-order valence-electron chi connectivity index (χ0n) is 24.3. The van der Waals surface area contributed by atoms with E-state index in [1.807, 2.05) is 13.0 Å². The molecular formula is C30H33F2N9O3. The molecule has 4 N–H and O–H groups in total. The summed E-state index contributed by atoms with van der Waals surface area (Å²) in [5.74, 6) is -1.21. The molecule has 2 amide bonds. The maximum Gasteiger partial charge on any atom is 0.407 e. The molecular weight excluding hydrogens is 572 g/mol. The smallest absolute Gasteiger partial charge is 0.407 e. The fourth-order valence-electron chi connectivity index (χ4n) is 6.00. The molecule has 3 aromatic heterocycles. The van der Waals surface area contributed by atoms with Crippen molar-refractivity contribution in [2.45, 2.75) is 38.4 Å². The van der Waals surface area contributed by atoms with E-state index in [0.717, 1.165) is 12.1 Å². The standard InChI is InChI=1S/C30H33F2N9O3/c1-17-14-40(16-22(33)28(17)37-30(43)44-2)25-7-8-34-13-24(25)36-29-35-12-19-5-6-23(38-41(19)29)27-20(31)10-18(11-21(27)32)15-39-9-3-4-26(39)42/h5-8,10-13,17,22,28H,3-4,9,14-16,33H2,1-2H3,(H,35,36)(H,37,43). The molecule has 3 atom stereocenters. The molecule has 12 nitrogen and oxygen atoms in total. The van der Waals surface area contributed by atoms with Crippen molar-refractivity contribution in [1.82, 2.24) is 29.8 Å². The second-order valence-corrected chi connectivity index (χ2v) is 11.2. The predicted molar refractivity (Wildman–Crippen MR) is 159 cm³/mol. The summed E-state index contributed by atoms with van der Waals surface area (Å²) in [4.78, 5) is 36.2. The number of hydrogen-bond acceptors (Lipinski definition) is 9. The van der Waals surface area contributed by atoms with Crippen LogP contribution in [0, 0.1) is 17.6 Å². The molecule has 1 aromatic carbocycles. The van der Waals surface area contributed by atoms with Crippen LogP contribution in [0.4, 0.5) is 30.9 Å². The van der Waals surface area contributed by atoms with Crippen molar-refractivity contribution in [3.63, 3.8) is 0 Å². The number of alkyl carbamates (subject to hydrolysis) is 1. The first kappa shape index (κ1) is 29.2. The van der Waals surface area contributed by atoms with Crippen LogP contribution in [-0.4, -0.2) is 75.3 Å². The summed E-state index contributed by atoms with van der Waals surface area (Å²) in [5, 5.41) is 10.6. The van der Waals surface area contributed by atoms with Gasteiger partial charge in [-0.25, -0.2) is 18.6 Å². The van der Waals surface area contributed by atoms with Crippen LogP contribution >= 0.6 is 0 Å². The average Bonchev–Trinajstić information content (AvgIpc) is 3.59. The highest BCUT2D eigenvalue weighted by molar-refractivity contribution is 5.78. The topological polar surface area (TPSA) is 143 Å². The lowest BCUT2D eigenvalue weighted by molar-refractivity contribution is -0.128. The molecule has 4 aromatic rings. The number of amides is 2. The van der Waals surface area contributed by atoms with Crippen molar-refractivity contribution >= 4 is 34.8 Å². The number of hydrogen-bond donors (Lipinski definition) is 3. The van der Waals surface area contributed by atoms with Gasteiger partial charge in [0.2, 0.25) is 11.9 Å². The fraction of sp³-hybridized carbons (Fsp3) is 0.367. The van der Waals surface area contributed by atoms with Crippen LogP contribution in [-0.2, 0) is 16.1 Å². The largest absolute Gasteiger partial charge is 0.453 e. The molecule has 14 heteroatoms. The fourth-order valence-corrected chi connectivity index (χ4v) is 6.00. The average molecular weight is 606 g/mol. The van der Waals surface area contributed by atoms with E-state index in [2.05, 4.69) is 30.6 Å². The van der Waals surface area contributed by atoms with E-state index in [0.29, 0.717) is 48.8 Å². The molecule has 230 valence electrons. The Kier molecular flexibility index (Phi) is 7.99. The Bertz CT molecular complexity index is 1680.